The molecule has 5 heteroatoms. The van der Waals surface area contributed by atoms with Gasteiger partial charge < -0.3 is 4.74 Å². The molecule has 3 rings (SSSR count). The maximum Gasteiger partial charge on any atom is 0.180 e. The second-order valence-electron chi connectivity index (χ2n) is 5.67. The van der Waals surface area contributed by atoms with Gasteiger partial charge in [-0.05, 0) is 25.7 Å². The molecule has 0 radical (unpaired) electrons. The van der Waals surface area contributed by atoms with Crippen LogP contribution in [0.4, 0.5) is 0 Å². The molecule has 1 aliphatic heterocycles. The molecule has 5 nitrogen and oxygen atoms in total. The van der Waals surface area contributed by atoms with E-state index in [0.717, 1.165) is 44.2 Å². The van der Waals surface area contributed by atoms with Gasteiger partial charge in [0, 0.05) is 25.6 Å². The molecule has 1 aliphatic carbocycles. The zero-order valence-electron chi connectivity index (χ0n) is 12.2. The summed E-state index contributed by atoms with van der Waals surface area (Å²) in [4.78, 5) is 7.08. The highest BCUT2D eigenvalue weighted by Crippen LogP contribution is 2.24. The molecule has 0 spiro atoms. The average molecular weight is 276 g/mol. The van der Waals surface area contributed by atoms with E-state index in [1.165, 1.54) is 19.3 Å². The first kappa shape index (κ1) is 13.8. The molecule has 0 amide bonds. The molecule has 20 heavy (non-hydrogen) atoms. The molecule has 0 bridgehead atoms. The number of aryl methyl sites for hydroxylation is 1. The van der Waals surface area contributed by atoms with Crippen molar-refractivity contribution in [3.05, 3.63) is 23.8 Å². The predicted octanol–water partition coefficient (Wildman–Crippen LogP) is 2.24. The molecular formula is C15H24N4O. The first-order valence-corrected chi connectivity index (χ1v) is 7.80. The number of nitrogens with one attached hydrogen (secondary N) is 1. The number of H-pyrrole nitrogens is 1. The summed E-state index contributed by atoms with van der Waals surface area (Å²) in [5.41, 5.74) is 0. The number of allylic oxidation sites excluding steroid dienone is 1. The summed E-state index contributed by atoms with van der Waals surface area (Å²) in [6.45, 7) is 4.83. The van der Waals surface area contributed by atoms with Crippen molar-refractivity contribution in [1.82, 2.24) is 20.1 Å². The van der Waals surface area contributed by atoms with Gasteiger partial charge in [0.25, 0.3) is 0 Å². The normalized spacial score (nSPS) is 27.9. The van der Waals surface area contributed by atoms with Crippen molar-refractivity contribution in [2.75, 3.05) is 19.7 Å². The van der Waals surface area contributed by atoms with Crippen LogP contribution in [0, 0.1) is 0 Å². The number of aromatic amines is 1. The van der Waals surface area contributed by atoms with Crippen LogP contribution in [0.25, 0.3) is 0 Å². The third-order valence-corrected chi connectivity index (χ3v) is 4.12. The molecule has 110 valence electrons. The maximum atomic E-state index is 5.87. The standard InChI is InChI=1S/C15H24N4O/c1-2-6-14-16-15(18-17-14)13-11-19(9-10-20-13)12-7-4-3-5-8-12/h4,7,12-13H,2-3,5-6,8-11H2,1H3,(H,16,17,18)/t12-,13+/m0/s1. The fraction of sp³-hybridized carbons (Fsp3) is 0.733. The molecule has 0 unspecified atom stereocenters. The summed E-state index contributed by atoms with van der Waals surface area (Å²) < 4.78 is 5.87. The van der Waals surface area contributed by atoms with Gasteiger partial charge in [-0.25, -0.2) is 4.98 Å². The Morgan fingerprint density at radius 3 is 3.25 bits per heavy atom. The molecule has 1 fully saturated rings. The van der Waals surface area contributed by atoms with Crippen LogP contribution in [0.5, 0.6) is 0 Å². The Hall–Kier alpha value is -1.20. The van der Waals surface area contributed by atoms with Crippen LogP contribution in [0.15, 0.2) is 12.2 Å². The van der Waals surface area contributed by atoms with Crippen LogP contribution in [0.2, 0.25) is 0 Å². The lowest BCUT2D eigenvalue weighted by Crippen LogP contribution is -2.44. The number of aromatic nitrogens is 3. The summed E-state index contributed by atoms with van der Waals surface area (Å²) in [7, 11) is 0. The van der Waals surface area contributed by atoms with Gasteiger partial charge in [-0.3, -0.25) is 10.00 Å². The SMILES string of the molecule is CCCc1nc([C@H]2CN([C@H]3C=CCCC3)CCO2)n[nH]1. The highest BCUT2D eigenvalue weighted by Gasteiger charge is 2.28. The molecule has 0 saturated carbocycles. The fourth-order valence-corrected chi connectivity index (χ4v) is 3.03. The quantitative estimate of drug-likeness (QED) is 0.857. The molecule has 1 N–H and O–H groups in total. The van der Waals surface area contributed by atoms with Crippen LogP contribution in [0.3, 0.4) is 0 Å². The topological polar surface area (TPSA) is 54.0 Å². The number of morpholine rings is 1. The van der Waals surface area contributed by atoms with Crippen molar-refractivity contribution in [3.8, 4) is 0 Å². The van der Waals surface area contributed by atoms with Gasteiger partial charge in [0.05, 0.1) is 6.61 Å². The van der Waals surface area contributed by atoms with Crippen LogP contribution >= 0.6 is 0 Å². The summed E-state index contributed by atoms with van der Waals surface area (Å²) >= 11 is 0. The summed E-state index contributed by atoms with van der Waals surface area (Å²) in [5, 5.41) is 7.36. The number of hydrogen-bond donors (Lipinski definition) is 1. The first-order valence-electron chi connectivity index (χ1n) is 7.80. The third-order valence-electron chi connectivity index (χ3n) is 4.12. The molecule has 1 aromatic rings. The minimum absolute atomic E-state index is 0.0148. The Morgan fingerprint density at radius 2 is 2.45 bits per heavy atom. The lowest BCUT2D eigenvalue weighted by molar-refractivity contribution is -0.0442. The highest BCUT2D eigenvalue weighted by atomic mass is 16.5. The molecule has 1 saturated heterocycles. The summed E-state index contributed by atoms with van der Waals surface area (Å²) in [6, 6.07) is 0.573. The number of nitrogens with zero attached hydrogens (tertiary/aromatic N) is 3. The van der Waals surface area contributed by atoms with Gasteiger partial charge in [-0.2, -0.15) is 5.10 Å². The molecule has 2 atom stereocenters. The van der Waals surface area contributed by atoms with Crippen molar-refractivity contribution >= 4 is 0 Å². The van der Waals surface area contributed by atoms with Gasteiger partial charge in [0.2, 0.25) is 0 Å². The molecule has 2 heterocycles. The Bertz CT molecular complexity index is 456. The van der Waals surface area contributed by atoms with E-state index in [2.05, 4.69) is 39.2 Å². The van der Waals surface area contributed by atoms with E-state index >= 15 is 0 Å². The Labute approximate surface area is 120 Å². The maximum absolute atomic E-state index is 5.87. The van der Waals surface area contributed by atoms with E-state index in [1.807, 2.05) is 0 Å². The van der Waals surface area contributed by atoms with Gasteiger partial charge in [0.1, 0.15) is 11.9 Å². The van der Waals surface area contributed by atoms with Crippen LogP contribution < -0.4 is 0 Å². The van der Waals surface area contributed by atoms with E-state index in [-0.39, 0.29) is 6.10 Å². The summed E-state index contributed by atoms with van der Waals surface area (Å²) in [5.74, 6) is 1.79. The van der Waals surface area contributed by atoms with Gasteiger partial charge in [-0.1, -0.05) is 19.1 Å². The summed E-state index contributed by atoms with van der Waals surface area (Å²) in [6.07, 6.45) is 10.5. The minimum atomic E-state index is 0.0148. The zero-order chi connectivity index (χ0) is 13.8. The van der Waals surface area contributed by atoms with Crippen molar-refractivity contribution in [3.63, 3.8) is 0 Å². The average Bonchev–Trinajstić information content (AvgIpc) is 2.97. The van der Waals surface area contributed by atoms with Crippen LogP contribution in [0.1, 0.15) is 50.4 Å². The Balaban J connectivity index is 1.64. The Morgan fingerprint density at radius 1 is 1.50 bits per heavy atom. The van der Waals surface area contributed by atoms with Gasteiger partial charge in [0.15, 0.2) is 5.82 Å². The largest absolute Gasteiger partial charge is 0.367 e. The van der Waals surface area contributed by atoms with Gasteiger partial charge >= 0.3 is 0 Å². The monoisotopic (exact) mass is 276 g/mol. The van der Waals surface area contributed by atoms with Crippen molar-refractivity contribution in [1.29, 1.82) is 0 Å². The molecule has 2 aliphatic rings. The third kappa shape index (κ3) is 3.10. The lowest BCUT2D eigenvalue weighted by atomic mass is 10.0. The van der Waals surface area contributed by atoms with Crippen molar-refractivity contribution in [2.45, 2.75) is 51.2 Å². The van der Waals surface area contributed by atoms with E-state index in [0.29, 0.717) is 6.04 Å². The van der Waals surface area contributed by atoms with E-state index in [9.17, 15) is 0 Å². The molecular weight excluding hydrogens is 252 g/mol. The molecule has 1 aromatic heterocycles. The van der Waals surface area contributed by atoms with E-state index in [4.69, 9.17) is 4.74 Å². The molecule has 0 aromatic carbocycles. The fourth-order valence-electron chi connectivity index (χ4n) is 3.03. The van der Waals surface area contributed by atoms with E-state index in [1.54, 1.807) is 0 Å². The highest BCUT2D eigenvalue weighted by molar-refractivity contribution is 5.02. The van der Waals surface area contributed by atoms with E-state index < -0.39 is 0 Å². The number of ether oxygens (including phenoxy) is 1. The van der Waals surface area contributed by atoms with Crippen LogP contribution in [-0.2, 0) is 11.2 Å². The minimum Gasteiger partial charge on any atom is -0.367 e. The zero-order valence-corrected chi connectivity index (χ0v) is 12.2. The van der Waals surface area contributed by atoms with Crippen LogP contribution in [-0.4, -0.2) is 45.8 Å². The Kier molecular flexibility index (Phi) is 4.47. The van der Waals surface area contributed by atoms with Gasteiger partial charge in [-0.15, -0.1) is 0 Å². The smallest absolute Gasteiger partial charge is 0.180 e. The number of hydrogen-bond acceptors (Lipinski definition) is 4. The number of rotatable bonds is 4. The van der Waals surface area contributed by atoms with Crippen molar-refractivity contribution in [2.24, 2.45) is 0 Å². The lowest BCUT2D eigenvalue weighted by Gasteiger charge is -2.37. The van der Waals surface area contributed by atoms with Crippen molar-refractivity contribution < 1.29 is 4.74 Å². The first-order chi connectivity index (χ1) is 9.86. The second kappa shape index (κ2) is 6.50. The predicted molar refractivity (Wildman–Crippen MR) is 77.4 cm³/mol. The second-order valence-corrected chi connectivity index (χ2v) is 5.67.